The van der Waals surface area contributed by atoms with E-state index in [1.54, 1.807) is 0 Å². The standard InChI is InChI=1S/C16H18F6N6O2S/c1-7-11(8-4-3-5-10(8)24-12(7)16(20,21)22)25-15(29)26-31(23,30)13-9(17)6-28(14(18)19)27(13)2/h6,13-14H,3-5H2,1-2H3,(H3,23,24,25,26,29,30). The summed E-state index contributed by atoms with van der Waals surface area (Å²) >= 11 is 0. The van der Waals surface area contributed by atoms with Crippen LogP contribution in [0.25, 0.3) is 0 Å². The molecule has 0 fully saturated rings. The zero-order chi connectivity index (χ0) is 23.3. The summed E-state index contributed by atoms with van der Waals surface area (Å²) in [6.45, 7) is -2.06. The third-order valence-corrected chi connectivity index (χ3v) is 6.53. The fraction of sp³-hybridized carbons (Fsp3) is 0.500. The van der Waals surface area contributed by atoms with Crippen LogP contribution < -0.4 is 10.5 Å². The number of pyridine rings is 1. The second-order valence-electron chi connectivity index (χ2n) is 6.97. The highest BCUT2D eigenvalue weighted by Gasteiger charge is 2.41. The SMILES string of the molecule is Cc1c(C(F)(F)F)nc2c(c1NC(=O)N=S(N)(=O)C1C(F)=CN(C(F)F)N1C)CCC2. The number of urea groups is 1. The van der Waals surface area contributed by atoms with E-state index < -0.39 is 45.6 Å². The quantitative estimate of drug-likeness (QED) is 0.519. The van der Waals surface area contributed by atoms with Gasteiger partial charge in [-0.15, -0.1) is 4.36 Å². The number of fused-ring (bicyclic) bond motifs is 1. The van der Waals surface area contributed by atoms with E-state index in [9.17, 15) is 35.3 Å². The number of aromatic nitrogens is 1. The van der Waals surface area contributed by atoms with Gasteiger partial charge in [-0.25, -0.2) is 28.5 Å². The van der Waals surface area contributed by atoms with Crippen LogP contribution in [0.5, 0.6) is 0 Å². The Hall–Kier alpha value is -2.39. The highest BCUT2D eigenvalue weighted by molar-refractivity contribution is 7.92. The Labute approximate surface area is 173 Å². The van der Waals surface area contributed by atoms with Gasteiger partial charge in [-0.3, -0.25) is 0 Å². The molecule has 0 bridgehead atoms. The molecular weight excluding hydrogens is 454 g/mol. The van der Waals surface area contributed by atoms with Crippen molar-refractivity contribution < 1.29 is 35.3 Å². The molecule has 1 aromatic rings. The van der Waals surface area contributed by atoms with Crippen molar-refractivity contribution in [1.29, 1.82) is 0 Å². The molecule has 2 atom stereocenters. The lowest BCUT2D eigenvalue weighted by atomic mass is 10.1. The van der Waals surface area contributed by atoms with Crippen LogP contribution in [0.15, 0.2) is 16.4 Å². The van der Waals surface area contributed by atoms with E-state index in [1.807, 2.05) is 0 Å². The minimum Gasteiger partial charge on any atom is -0.305 e. The van der Waals surface area contributed by atoms with Gasteiger partial charge in [-0.1, -0.05) is 0 Å². The zero-order valence-electron chi connectivity index (χ0n) is 16.2. The van der Waals surface area contributed by atoms with Crippen molar-refractivity contribution in [3.05, 3.63) is 34.5 Å². The van der Waals surface area contributed by atoms with Crippen LogP contribution in [0.3, 0.4) is 0 Å². The lowest BCUT2D eigenvalue weighted by Crippen LogP contribution is -2.46. The van der Waals surface area contributed by atoms with Crippen molar-refractivity contribution in [3.63, 3.8) is 0 Å². The number of likely N-dealkylation sites (N-methyl/N-ethyl adjacent to an activating group) is 1. The maximum Gasteiger partial charge on any atom is 0.433 e. The molecule has 0 saturated heterocycles. The first kappa shape index (κ1) is 23.3. The predicted molar refractivity (Wildman–Crippen MR) is 98.4 cm³/mol. The Morgan fingerprint density at radius 2 is 2.03 bits per heavy atom. The van der Waals surface area contributed by atoms with Gasteiger partial charge in [-0.05, 0) is 31.7 Å². The number of nitrogens with zero attached hydrogens (tertiary/aromatic N) is 4. The second kappa shape index (κ2) is 7.94. The molecule has 1 aliphatic carbocycles. The summed E-state index contributed by atoms with van der Waals surface area (Å²) in [5.41, 5.74) is -1.20. The first-order valence-electron chi connectivity index (χ1n) is 8.84. The van der Waals surface area contributed by atoms with Gasteiger partial charge in [0.1, 0.15) is 15.6 Å². The predicted octanol–water partition coefficient (Wildman–Crippen LogP) is 3.29. The average molecular weight is 472 g/mol. The Morgan fingerprint density at radius 3 is 2.58 bits per heavy atom. The Kier molecular flexibility index (Phi) is 5.96. The first-order chi connectivity index (χ1) is 14.2. The average Bonchev–Trinajstić information content (AvgIpc) is 3.19. The van der Waals surface area contributed by atoms with Crippen molar-refractivity contribution in [2.24, 2.45) is 9.50 Å². The molecule has 0 aromatic carbocycles. The van der Waals surface area contributed by atoms with Crippen molar-refractivity contribution in [1.82, 2.24) is 15.0 Å². The number of rotatable bonds is 3. The van der Waals surface area contributed by atoms with Crippen LogP contribution in [-0.2, 0) is 28.9 Å². The largest absolute Gasteiger partial charge is 0.433 e. The highest BCUT2D eigenvalue weighted by Crippen LogP contribution is 2.39. The Morgan fingerprint density at radius 1 is 1.39 bits per heavy atom. The molecule has 172 valence electrons. The molecule has 2 amide bonds. The number of nitrogens with two attached hydrogens (primary N) is 1. The fourth-order valence-electron chi connectivity index (χ4n) is 3.59. The van der Waals surface area contributed by atoms with E-state index in [4.69, 9.17) is 5.14 Å². The molecular formula is C16H18F6N6O2S. The van der Waals surface area contributed by atoms with Crippen LogP contribution in [0, 0.1) is 6.92 Å². The molecule has 8 nitrogen and oxygen atoms in total. The molecule has 0 spiro atoms. The number of amides is 2. The van der Waals surface area contributed by atoms with E-state index in [1.165, 1.54) is 0 Å². The molecule has 1 aliphatic heterocycles. The van der Waals surface area contributed by atoms with Gasteiger partial charge >= 0.3 is 18.8 Å². The van der Waals surface area contributed by atoms with E-state index in [0.717, 1.165) is 14.0 Å². The molecule has 0 saturated carbocycles. The normalized spacial score (nSPS) is 21.2. The summed E-state index contributed by atoms with van der Waals surface area (Å²) in [5, 5.41) is 6.28. The molecule has 3 N–H and O–H groups in total. The van der Waals surface area contributed by atoms with E-state index in [0.29, 0.717) is 29.6 Å². The van der Waals surface area contributed by atoms with Crippen LogP contribution in [0.4, 0.5) is 36.8 Å². The van der Waals surface area contributed by atoms with Gasteiger partial charge in [0.25, 0.3) is 0 Å². The molecule has 2 heterocycles. The summed E-state index contributed by atoms with van der Waals surface area (Å²) in [6.07, 6.45) is -3.27. The maximum atomic E-state index is 14.1. The van der Waals surface area contributed by atoms with Crippen LogP contribution >= 0.6 is 0 Å². The highest BCUT2D eigenvalue weighted by atomic mass is 32.2. The number of nitrogens with one attached hydrogen (secondary N) is 1. The van der Waals surface area contributed by atoms with Crippen molar-refractivity contribution in [2.45, 2.75) is 44.3 Å². The minimum atomic E-state index is -4.78. The number of aryl methyl sites for hydroxylation is 1. The Balaban J connectivity index is 1.96. The van der Waals surface area contributed by atoms with E-state index in [2.05, 4.69) is 14.7 Å². The molecule has 2 unspecified atom stereocenters. The van der Waals surface area contributed by atoms with Gasteiger partial charge in [0, 0.05) is 18.3 Å². The molecule has 15 heteroatoms. The second-order valence-corrected chi connectivity index (χ2v) is 8.83. The first-order valence-corrected chi connectivity index (χ1v) is 10.5. The zero-order valence-corrected chi connectivity index (χ0v) is 17.0. The maximum absolute atomic E-state index is 14.1. The molecule has 3 rings (SSSR count). The summed E-state index contributed by atoms with van der Waals surface area (Å²) in [7, 11) is -3.31. The summed E-state index contributed by atoms with van der Waals surface area (Å²) in [6, 6.07) is -1.40. The van der Waals surface area contributed by atoms with Gasteiger partial charge in [0.2, 0.25) is 0 Å². The van der Waals surface area contributed by atoms with Crippen LogP contribution in [0.1, 0.15) is 28.9 Å². The summed E-state index contributed by atoms with van der Waals surface area (Å²) in [5.74, 6) is -1.31. The third-order valence-electron chi connectivity index (χ3n) is 4.91. The van der Waals surface area contributed by atoms with Crippen molar-refractivity contribution in [2.75, 3.05) is 12.4 Å². The van der Waals surface area contributed by atoms with Crippen LogP contribution in [-0.4, -0.2) is 44.2 Å². The number of carbonyl (C=O) groups is 1. The molecule has 1 aromatic heterocycles. The van der Waals surface area contributed by atoms with E-state index >= 15 is 0 Å². The molecule has 31 heavy (non-hydrogen) atoms. The summed E-state index contributed by atoms with van der Waals surface area (Å²) < 4.78 is 95.8. The fourth-order valence-corrected chi connectivity index (χ4v) is 4.93. The number of carbonyl (C=O) groups excluding carboxylic acids is 1. The number of halogens is 6. The van der Waals surface area contributed by atoms with E-state index in [-0.39, 0.29) is 28.4 Å². The van der Waals surface area contributed by atoms with Gasteiger partial charge in [-0.2, -0.15) is 27.0 Å². The lowest BCUT2D eigenvalue weighted by molar-refractivity contribution is -0.141. The number of anilines is 1. The summed E-state index contributed by atoms with van der Waals surface area (Å²) in [4.78, 5) is 16.0. The monoisotopic (exact) mass is 472 g/mol. The van der Waals surface area contributed by atoms with Crippen molar-refractivity contribution in [3.8, 4) is 0 Å². The number of hydrogen-bond donors (Lipinski definition) is 2. The smallest absolute Gasteiger partial charge is 0.305 e. The Bertz CT molecular complexity index is 1070. The molecule has 0 radical (unpaired) electrons. The molecule has 2 aliphatic rings. The van der Waals surface area contributed by atoms with Gasteiger partial charge in [0.15, 0.2) is 11.2 Å². The number of hydrazine groups is 1. The van der Waals surface area contributed by atoms with Gasteiger partial charge in [0.05, 0.1) is 11.9 Å². The minimum absolute atomic E-state index is 0.120. The number of hydrogen-bond acceptors (Lipinski definition) is 5. The topological polar surface area (TPSA) is 104 Å². The lowest BCUT2D eigenvalue weighted by Gasteiger charge is -2.28. The van der Waals surface area contributed by atoms with Crippen LogP contribution in [0.2, 0.25) is 0 Å². The number of alkyl halides is 5. The third kappa shape index (κ3) is 4.34. The van der Waals surface area contributed by atoms with Crippen molar-refractivity contribution >= 4 is 21.6 Å². The van der Waals surface area contributed by atoms with Gasteiger partial charge < -0.3 is 5.32 Å².